The molecule has 270 valence electrons. The van der Waals surface area contributed by atoms with Gasteiger partial charge in [-0.3, -0.25) is 21.7 Å². The van der Waals surface area contributed by atoms with E-state index in [9.17, 15) is 9.59 Å². The monoisotopic (exact) mass is 832 g/mol. The van der Waals surface area contributed by atoms with Crippen molar-refractivity contribution in [3.05, 3.63) is 60.8 Å². The van der Waals surface area contributed by atoms with E-state index in [1.54, 1.807) is 24.3 Å². The molecule has 0 radical (unpaired) electrons. The van der Waals surface area contributed by atoms with Crippen LogP contribution in [-0.2, 0) is 27.5 Å². The Balaban J connectivity index is 0.000000486. The predicted molar refractivity (Wildman–Crippen MR) is 200 cm³/mol. The summed E-state index contributed by atoms with van der Waals surface area (Å²) in [6, 6.07) is 7.14. The zero-order valence-electron chi connectivity index (χ0n) is 30.7. The average Bonchev–Trinajstić information content (AvgIpc) is 3.51. The number of carbonyl (C=O) groups is 2. The van der Waals surface area contributed by atoms with E-state index >= 15 is 0 Å². The van der Waals surface area contributed by atoms with E-state index < -0.39 is 0 Å². The summed E-state index contributed by atoms with van der Waals surface area (Å²) in [6.45, 7) is 7.24. The van der Waals surface area contributed by atoms with E-state index in [1.807, 2.05) is 0 Å². The first kappa shape index (κ1) is 44.1. The van der Waals surface area contributed by atoms with Gasteiger partial charge in [0.1, 0.15) is 0 Å². The van der Waals surface area contributed by atoms with Gasteiger partial charge in [-0.15, -0.1) is 0 Å². The maximum absolute atomic E-state index is 12.2. The number of nitrogens with zero attached hydrogens (tertiary/aromatic N) is 2. The van der Waals surface area contributed by atoms with E-state index in [0.29, 0.717) is 17.7 Å². The smallest absolute Gasteiger partial charge is 0.462 e. The van der Waals surface area contributed by atoms with Gasteiger partial charge in [0.15, 0.2) is 11.5 Å². The van der Waals surface area contributed by atoms with Crippen molar-refractivity contribution in [3.63, 3.8) is 0 Å². The molecule has 1 aromatic heterocycles. The number of unbranched alkanes of at least 4 members (excludes halogenated alkanes) is 21. The summed E-state index contributed by atoms with van der Waals surface area (Å²) in [5.74, 6) is -0.382. The zero-order valence-corrected chi connectivity index (χ0v) is 33.7. The molecule has 1 aromatic carbocycles. The number of aryl methyl sites for hydroxylation is 1. The van der Waals surface area contributed by atoms with Crippen LogP contribution in [0.15, 0.2) is 24.3 Å². The predicted octanol–water partition coefficient (Wildman–Crippen LogP) is 11.7. The Kier molecular flexibility index (Phi) is 26.5. The van der Waals surface area contributed by atoms with Crippen LogP contribution >= 0.6 is 0 Å². The molecule has 0 unspecified atom stereocenters. The Morgan fingerprint density at radius 3 is 1.62 bits per heavy atom. The summed E-state index contributed by atoms with van der Waals surface area (Å²) in [6.07, 6.45) is 34.1. The Hall–Kier alpha value is -1.91. The molecular weight excluding hydrogens is 764 g/mol. The Morgan fingerprint density at radius 2 is 1.19 bits per heavy atom. The summed E-state index contributed by atoms with van der Waals surface area (Å²) >= 11 is 0. The minimum atomic E-state index is -0.366. The van der Waals surface area contributed by atoms with Crippen LogP contribution in [0.2, 0.25) is 0 Å². The second-order valence-corrected chi connectivity index (χ2v) is 13.9. The van der Waals surface area contributed by atoms with Crippen molar-refractivity contribution in [3.8, 4) is 0 Å². The normalized spacial score (nSPS) is 12.3. The third-order valence-electron chi connectivity index (χ3n) is 9.27. The molecule has 48 heavy (non-hydrogen) atoms. The van der Waals surface area contributed by atoms with Gasteiger partial charge in [-0.05, 0) is 32.9 Å². The number of aromatic amines is 1. The van der Waals surface area contributed by atoms with Crippen molar-refractivity contribution in [1.82, 2.24) is 15.1 Å². The Morgan fingerprint density at radius 1 is 0.750 bits per heavy atom. The van der Waals surface area contributed by atoms with Gasteiger partial charge in [0.2, 0.25) is 0 Å². The van der Waals surface area contributed by atoms with Crippen LogP contribution in [0.4, 0.5) is 5.69 Å². The van der Waals surface area contributed by atoms with Crippen molar-refractivity contribution in [2.24, 2.45) is 0 Å². The number of aromatic nitrogens is 2. The van der Waals surface area contributed by atoms with Gasteiger partial charge < -0.3 is 10.2 Å². The number of rotatable bonds is 25. The van der Waals surface area contributed by atoms with Crippen LogP contribution in [0.25, 0.3) is 0 Å². The van der Waals surface area contributed by atoms with E-state index in [1.165, 1.54) is 141 Å². The quantitative estimate of drug-likeness (QED) is 0.0772. The van der Waals surface area contributed by atoms with E-state index in [0.717, 1.165) is 30.6 Å². The van der Waals surface area contributed by atoms with Crippen molar-refractivity contribution in [2.75, 3.05) is 18.9 Å². The van der Waals surface area contributed by atoms with Crippen LogP contribution in [0, 0.1) is 14.0 Å². The summed E-state index contributed by atoms with van der Waals surface area (Å²) in [5.41, 5.74) is 2.92. The topological polar surface area (TPSA) is 78.1 Å². The standard InChI is InChI=1S/C26H54N.C15H14N3O2.W/c1-4-5-6-7-8-9-10-11-12-13-14-15-16-17-18-19-20-21-22-23-24-25-26-27(2)3;1-9-5-7-10(8-6-9)16-15(20)14-13-11(17-18-14)3-2-4-12(13)19;/h2,4-26H2,1,3H3;5-8H,1-4H2,(H,16,20)(H,17,18);/q2*-1;+2. The molecule has 0 fully saturated rings. The molecule has 1 heterocycles. The number of Topliss-reactive ketones (excluding diaryl/α,β-unsaturated/α-hetero) is 1. The third kappa shape index (κ3) is 20.6. The van der Waals surface area contributed by atoms with Gasteiger partial charge >= 0.3 is 21.1 Å². The van der Waals surface area contributed by atoms with Crippen LogP contribution in [-0.4, -0.2) is 40.4 Å². The number of amides is 1. The number of carbonyl (C=O) groups excluding carboxylic acids is 2. The fourth-order valence-corrected chi connectivity index (χ4v) is 6.34. The zero-order chi connectivity index (χ0) is 34.0. The molecule has 1 amide bonds. The van der Waals surface area contributed by atoms with Crippen molar-refractivity contribution in [1.29, 1.82) is 0 Å². The number of H-pyrrole nitrogens is 1. The van der Waals surface area contributed by atoms with Crippen molar-refractivity contribution >= 4 is 17.4 Å². The summed E-state index contributed by atoms with van der Waals surface area (Å²) in [7, 11) is 5.96. The first-order valence-electron chi connectivity index (χ1n) is 19.3. The van der Waals surface area contributed by atoms with E-state index in [2.05, 4.69) is 48.4 Å². The molecule has 0 bridgehead atoms. The first-order chi connectivity index (χ1) is 22.9. The van der Waals surface area contributed by atoms with Crippen LogP contribution in [0.3, 0.4) is 0 Å². The fourth-order valence-electron chi connectivity index (χ4n) is 6.34. The summed E-state index contributed by atoms with van der Waals surface area (Å²) in [5, 5.41) is 9.52. The number of fused-ring (bicyclic) bond motifs is 1. The van der Waals surface area contributed by atoms with Gasteiger partial charge in [-0.25, -0.2) is 0 Å². The molecule has 0 saturated heterocycles. The second-order valence-electron chi connectivity index (χ2n) is 13.9. The molecule has 0 atom stereocenters. The molecule has 0 saturated carbocycles. The van der Waals surface area contributed by atoms with Gasteiger partial charge in [-0.2, -0.15) is 29.7 Å². The second kappa shape index (κ2) is 28.9. The SMILES string of the molecule is [CH2-]N(C)CCCCCCCCCCCCCCCCCCCCCCCC.[CH2-]c1ccc(NC(=O)c2n[nH]c3c2C(=O)CCC3)cc1.[W+2]. The Labute approximate surface area is 309 Å². The molecule has 1 aliphatic rings. The molecule has 6 nitrogen and oxygen atoms in total. The number of nitrogens with one attached hydrogen (secondary N) is 2. The summed E-state index contributed by atoms with van der Waals surface area (Å²) < 4.78 is 0. The van der Waals surface area contributed by atoms with Gasteiger partial charge in [-0.1, -0.05) is 154 Å². The molecule has 2 aromatic rings. The van der Waals surface area contributed by atoms with Gasteiger partial charge in [0.05, 0.1) is 5.56 Å². The number of benzene rings is 1. The average molecular weight is 833 g/mol. The third-order valence-corrected chi connectivity index (χ3v) is 9.27. The minimum Gasteiger partial charge on any atom is -0.462 e. The van der Waals surface area contributed by atoms with Gasteiger partial charge in [0.25, 0.3) is 5.91 Å². The van der Waals surface area contributed by atoms with Crippen molar-refractivity contribution < 1.29 is 30.7 Å². The van der Waals surface area contributed by atoms with E-state index in [4.69, 9.17) is 0 Å². The minimum absolute atomic E-state index is 0. The molecule has 2 N–H and O–H groups in total. The van der Waals surface area contributed by atoms with E-state index in [-0.39, 0.29) is 38.4 Å². The fraction of sp³-hybridized carbons (Fsp3) is 0.683. The summed E-state index contributed by atoms with van der Waals surface area (Å²) in [4.78, 5) is 26.2. The van der Waals surface area contributed by atoms with Crippen LogP contribution in [0.1, 0.15) is 193 Å². The molecular formula is C41H68N4O2W. The molecule has 0 aliphatic heterocycles. The number of ketones is 1. The molecule has 3 rings (SSSR count). The van der Waals surface area contributed by atoms with Crippen LogP contribution in [0.5, 0.6) is 0 Å². The first-order valence-corrected chi connectivity index (χ1v) is 19.3. The molecule has 1 aliphatic carbocycles. The number of hydrogen-bond acceptors (Lipinski definition) is 4. The Bertz CT molecular complexity index is 1080. The van der Waals surface area contributed by atoms with Crippen molar-refractivity contribution in [2.45, 2.75) is 167 Å². The van der Waals surface area contributed by atoms with Gasteiger partial charge in [0, 0.05) is 17.8 Å². The maximum Gasteiger partial charge on any atom is 2.00 e. The molecule has 0 spiro atoms. The number of hydrogen-bond donors (Lipinski definition) is 2. The largest absolute Gasteiger partial charge is 2.00 e. The maximum atomic E-state index is 12.2. The van der Waals surface area contributed by atoms with Crippen LogP contribution < -0.4 is 5.32 Å². The number of anilines is 1. The molecule has 7 heteroatoms.